The molecule has 1 aromatic heterocycles. The fraction of sp³-hybridized carbons (Fsp3) is 0.400. The van der Waals surface area contributed by atoms with Crippen LogP contribution in [0.5, 0.6) is 0 Å². The van der Waals surface area contributed by atoms with Gasteiger partial charge in [-0.15, -0.1) is 0 Å². The van der Waals surface area contributed by atoms with Crippen molar-refractivity contribution in [2.75, 3.05) is 6.54 Å². The molecule has 2 aromatic rings. The number of nitrogens with one attached hydrogen (secondary N) is 1. The maximum Gasteiger partial charge on any atom is 0.240 e. The van der Waals surface area contributed by atoms with E-state index >= 15 is 0 Å². The van der Waals surface area contributed by atoms with Gasteiger partial charge in [-0.3, -0.25) is 0 Å². The first kappa shape index (κ1) is 14.3. The fourth-order valence-corrected chi connectivity index (χ4v) is 3.69. The van der Waals surface area contributed by atoms with Gasteiger partial charge < -0.3 is 4.42 Å². The van der Waals surface area contributed by atoms with Crippen molar-refractivity contribution < 1.29 is 12.8 Å². The lowest BCUT2D eigenvalue weighted by atomic mass is 10.1. The summed E-state index contributed by atoms with van der Waals surface area (Å²) in [5.41, 5.74) is 2.42. The number of oxazole rings is 1. The van der Waals surface area contributed by atoms with Crippen LogP contribution in [0, 0.1) is 6.92 Å². The van der Waals surface area contributed by atoms with Gasteiger partial charge in [0.2, 0.25) is 10.0 Å². The van der Waals surface area contributed by atoms with E-state index in [-0.39, 0.29) is 6.54 Å². The Morgan fingerprint density at radius 2 is 2.10 bits per heavy atom. The first-order valence-electron chi connectivity index (χ1n) is 7.07. The highest BCUT2D eigenvalue weighted by Crippen LogP contribution is 2.24. The molecule has 3 rings (SSSR count). The number of rotatable bonds is 5. The van der Waals surface area contributed by atoms with Gasteiger partial charge in [0.25, 0.3) is 0 Å². The molecule has 0 saturated heterocycles. The number of hydrogen-bond acceptors (Lipinski definition) is 4. The molecule has 6 heteroatoms. The molecule has 21 heavy (non-hydrogen) atoms. The maximum atomic E-state index is 12.3. The average Bonchev–Trinajstić information content (AvgIpc) is 3.06. The topological polar surface area (TPSA) is 72.2 Å². The highest BCUT2D eigenvalue weighted by molar-refractivity contribution is 7.89. The van der Waals surface area contributed by atoms with Crippen molar-refractivity contribution >= 4 is 10.0 Å². The van der Waals surface area contributed by atoms with E-state index < -0.39 is 10.0 Å². The van der Waals surface area contributed by atoms with Crippen LogP contribution in [-0.4, -0.2) is 19.9 Å². The largest absolute Gasteiger partial charge is 0.446 e. The summed E-state index contributed by atoms with van der Waals surface area (Å²) < 4.78 is 32.4. The Balaban J connectivity index is 1.66. The zero-order valence-electron chi connectivity index (χ0n) is 11.9. The number of benzene rings is 1. The zero-order valence-corrected chi connectivity index (χ0v) is 12.7. The van der Waals surface area contributed by atoms with E-state index in [1.807, 2.05) is 13.0 Å². The summed E-state index contributed by atoms with van der Waals surface area (Å²) in [6.45, 7) is 2.09. The van der Waals surface area contributed by atoms with Crippen LogP contribution in [0.4, 0.5) is 0 Å². The summed E-state index contributed by atoms with van der Waals surface area (Å²) in [7, 11) is -3.46. The molecule has 0 radical (unpaired) electrons. The number of aromatic nitrogens is 1. The third kappa shape index (κ3) is 3.16. The lowest BCUT2D eigenvalue weighted by Crippen LogP contribution is -2.26. The lowest BCUT2D eigenvalue weighted by molar-refractivity contribution is 0.469. The maximum absolute atomic E-state index is 12.3. The van der Waals surface area contributed by atoms with Crippen molar-refractivity contribution in [1.29, 1.82) is 0 Å². The minimum atomic E-state index is -3.46. The first-order chi connectivity index (χ1) is 10.0. The van der Waals surface area contributed by atoms with Crippen molar-refractivity contribution in [3.05, 3.63) is 47.2 Å². The van der Waals surface area contributed by atoms with Gasteiger partial charge in [-0.05, 0) is 49.4 Å². The van der Waals surface area contributed by atoms with Crippen LogP contribution in [0.15, 0.2) is 33.7 Å². The first-order valence-corrected chi connectivity index (χ1v) is 8.56. The standard InChI is InChI=1S/C15H18N2O3S/c1-11-10-16-15(20-11)7-8-17-21(18,19)14-6-5-12-3-2-4-13(12)9-14/h5-6,9-10,17H,2-4,7-8H2,1H3. The van der Waals surface area contributed by atoms with Gasteiger partial charge in [0.1, 0.15) is 5.76 Å². The third-order valence-corrected chi connectivity index (χ3v) is 5.14. The molecule has 0 unspecified atom stereocenters. The second-order valence-electron chi connectivity index (χ2n) is 5.30. The highest BCUT2D eigenvalue weighted by Gasteiger charge is 2.18. The number of aryl methyl sites for hydroxylation is 3. The van der Waals surface area contributed by atoms with Crippen LogP contribution >= 0.6 is 0 Å². The summed E-state index contributed by atoms with van der Waals surface area (Å²) in [5, 5.41) is 0. The van der Waals surface area contributed by atoms with Gasteiger partial charge in [0, 0.05) is 13.0 Å². The lowest BCUT2D eigenvalue weighted by Gasteiger charge is -2.07. The van der Waals surface area contributed by atoms with Gasteiger partial charge in [0.15, 0.2) is 5.89 Å². The predicted molar refractivity (Wildman–Crippen MR) is 78.6 cm³/mol. The number of sulfonamides is 1. The van der Waals surface area contributed by atoms with E-state index in [1.165, 1.54) is 5.56 Å². The number of nitrogens with zero attached hydrogens (tertiary/aromatic N) is 1. The minimum absolute atomic E-state index is 0.277. The van der Waals surface area contributed by atoms with Crippen LogP contribution in [0.2, 0.25) is 0 Å². The van der Waals surface area contributed by atoms with Crippen LogP contribution < -0.4 is 4.72 Å². The molecule has 0 aliphatic heterocycles. The molecular formula is C15H18N2O3S. The monoisotopic (exact) mass is 306 g/mol. The quantitative estimate of drug-likeness (QED) is 0.917. The molecule has 1 aliphatic carbocycles. The van der Waals surface area contributed by atoms with Crippen molar-refractivity contribution in [2.45, 2.75) is 37.5 Å². The predicted octanol–water partition coefficient (Wildman–Crippen LogP) is 1.99. The highest BCUT2D eigenvalue weighted by atomic mass is 32.2. The Labute approximate surface area is 124 Å². The molecule has 1 heterocycles. The van der Waals surface area contributed by atoms with Gasteiger partial charge in [-0.1, -0.05) is 6.07 Å². The Hall–Kier alpha value is -1.66. The Bertz CT molecular complexity index is 750. The van der Waals surface area contributed by atoms with E-state index in [0.29, 0.717) is 17.2 Å². The average molecular weight is 306 g/mol. The van der Waals surface area contributed by atoms with E-state index in [9.17, 15) is 8.42 Å². The molecule has 0 fully saturated rings. The van der Waals surface area contributed by atoms with Gasteiger partial charge >= 0.3 is 0 Å². The van der Waals surface area contributed by atoms with E-state index in [4.69, 9.17) is 4.42 Å². The Morgan fingerprint density at radius 3 is 2.86 bits per heavy atom. The van der Waals surface area contributed by atoms with Gasteiger partial charge in [0.05, 0.1) is 11.1 Å². The molecule has 0 amide bonds. The van der Waals surface area contributed by atoms with E-state index in [1.54, 1.807) is 18.3 Å². The smallest absolute Gasteiger partial charge is 0.240 e. The second kappa shape index (κ2) is 5.61. The van der Waals surface area contributed by atoms with Crippen LogP contribution in [0.3, 0.4) is 0 Å². The van der Waals surface area contributed by atoms with Gasteiger partial charge in [-0.2, -0.15) is 0 Å². The Kier molecular flexibility index (Phi) is 3.82. The molecule has 1 N–H and O–H groups in total. The van der Waals surface area contributed by atoms with Crippen molar-refractivity contribution in [2.24, 2.45) is 0 Å². The SMILES string of the molecule is Cc1cnc(CCNS(=O)(=O)c2ccc3c(c2)CCC3)o1. The van der Waals surface area contributed by atoms with Gasteiger partial charge in [-0.25, -0.2) is 18.1 Å². The van der Waals surface area contributed by atoms with E-state index in [2.05, 4.69) is 9.71 Å². The van der Waals surface area contributed by atoms with Crippen molar-refractivity contribution in [1.82, 2.24) is 9.71 Å². The molecule has 0 saturated carbocycles. The minimum Gasteiger partial charge on any atom is -0.446 e. The van der Waals surface area contributed by atoms with E-state index in [0.717, 1.165) is 30.6 Å². The van der Waals surface area contributed by atoms with Crippen LogP contribution in [0.1, 0.15) is 29.2 Å². The summed E-state index contributed by atoms with van der Waals surface area (Å²) >= 11 is 0. The summed E-state index contributed by atoms with van der Waals surface area (Å²) in [6, 6.07) is 5.40. The zero-order chi connectivity index (χ0) is 14.9. The third-order valence-electron chi connectivity index (χ3n) is 3.68. The molecule has 112 valence electrons. The van der Waals surface area contributed by atoms with Crippen LogP contribution in [-0.2, 0) is 29.3 Å². The molecule has 0 spiro atoms. The van der Waals surface area contributed by atoms with Crippen LogP contribution in [0.25, 0.3) is 0 Å². The van der Waals surface area contributed by atoms with Crippen molar-refractivity contribution in [3.8, 4) is 0 Å². The van der Waals surface area contributed by atoms with Crippen molar-refractivity contribution in [3.63, 3.8) is 0 Å². The number of fused-ring (bicyclic) bond motifs is 1. The molecular weight excluding hydrogens is 288 g/mol. The molecule has 0 bridgehead atoms. The molecule has 0 atom stereocenters. The summed E-state index contributed by atoms with van der Waals surface area (Å²) in [4.78, 5) is 4.39. The fourth-order valence-electron chi connectivity index (χ4n) is 2.61. The molecule has 1 aromatic carbocycles. The summed E-state index contributed by atoms with van der Waals surface area (Å²) in [6.07, 6.45) is 5.19. The normalized spacial score (nSPS) is 14.3. The molecule has 5 nitrogen and oxygen atoms in total. The number of hydrogen-bond donors (Lipinski definition) is 1. The summed E-state index contributed by atoms with van der Waals surface area (Å²) in [5.74, 6) is 1.27. The Morgan fingerprint density at radius 1 is 1.29 bits per heavy atom. The second-order valence-corrected chi connectivity index (χ2v) is 7.06. The molecule has 1 aliphatic rings.